The topological polar surface area (TPSA) is 73.6 Å². The van der Waals surface area contributed by atoms with Crippen LogP contribution in [0.15, 0.2) is 22.0 Å². The minimum atomic E-state index is -0.229. The van der Waals surface area contributed by atoms with E-state index in [0.717, 1.165) is 11.8 Å². The average Bonchev–Trinajstić information content (AvgIpc) is 2.43. The number of aliphatic hydroxyl groups excluding tert-OH is 1. The quantitative estimate of drug-likeness (QED) is 0.666. The third-order valence-electron chi connectivity index (χ3n) is 2.73. The van der Waals surface area contributed by atoms with E-state index in [1.165, 1.54) is 14.2 Å². The smallest absolute Gasteiger partial charge is 0.222 e. The molecule has 0 saturated heterocycles. The van der Waals surface area contributed by atoms with Crippen molar-refractivity contribution in [1.82, 2.24) is 9.78 Å². The lowest BCUT2D eigenvalue weighted by molar-refractivity contribution is 0.355. The Bertz CT molecular complexity index is 669. The van der Waals surface area contributed by atoms with E-state index in [2.05, 4.69) is 5.10 Å². The number of rotatable bonds is 4. The van der Waals surface area contributed by atoms with Gasteiger partial charge in [0.2, 0.25) is 5.43 Å². The number of fused-ring (bicyclic) bond motifs is 1. The molecule has 1 heterocycles. The molecule has 0 aliphatic carbocycles. The van der Waals surface area contributed by atoms with Crippen molar-refractivity contribution in [1.29, 1.82) is 0 Å². The maximum atomic E-state index is 12.2. The number of thioether (sulfide) groups is 1. The van der Waals surface area contributed by atoms with Crippen LogP contribution in [0.3, 0.4) is 0 Å². The van der Waals surface area contributed by atoms with Crippen molar-refractivity contribution in [3.8, 4) is 11.5 Å². The van der Waals surface area contributed by atoms with E-state index in [9.17, 15) is 4.79 Å². The number of hydrogen-bond acceptors (Lipinski definition) is 6. The number of aryl methyl sites for hydroxylation is 1. The lowest BCUT2D eigenvalue weighted by atomic mass is 10.2. The lowest BCUT2D eigenvalue weighted by Gasteiger charge is -2.11. The Hall–Kier alpha value is -1.73. The van der Waals surface area contributed by atoms with E-state index in [-0.39, 0.29) is 16.4 Å². The molecule has 2 rings (SSSR count). The first kappa shape index (κ1) is 13.7. The maximum Gasteiger partial charge on any atom is 0.222 e. The summed E-state index contributed by atoms with van der Waals surface area (Å²) in [6.07, 6.45) is 0. The first-order valence-corrected chi connectivity index (χ1v) is 6.47. The lowest BCUT2D eigenvalue weighted by Crippen LogP contribution is -2.14. The van der Waals surface area contributed by atoms with Crippen LogP contribution in [0.1, 0.15) is 0 Å². The number of ether oxygens (including phenoxy) is 2. The molecule has 1 aromatic carbocycles. The van der Waals surface area contributed by atoms with Gasteiger partial charge >= 0.3 is 0 Å². The van der Waals surface area contributed by atoms with Crippen LogP contribution >= 0.6 is 11.8 Å². The summed E-state index contributed by atoms with van der Waals surface area (Å²) in [5.74, 6) is 0.828. The molecular formula is C12H14N2O4S. The summed E-state index contributed by atoms with van der Waals surface area (Å²) in [5, 5.41) is 13.8. The molecule has 2 aromatic rings. The van der Waals surface area contributed by atoms with Crippen molar-refractivity contribution < 1.29 is 14.6 Å². The number of hydrogen-bond donors (Lipinski definition) is 1. The Morgan fingerprint density at radius 1 is 1.32 bits per heavy atom. The minimum Gasteiger partial charge on any atom is -0.493 e. The number of benzene rings is 1. The minimum absolute atomic E-state index is 0.193. The molecule has 0 spiro atoms. The number of methoxy groups -OCH3 is 2. The molecule has 19 heavy (non-hydrogen) atoms. The van der Waals surface area contributed by atoms with Crippen molar-refractivity contribution in [2.24, 2.45) is 7.05 Å². The summed E-state index contributed by atoms with van der Waals surface area (Å²) in [7, 11) is 4.78. The van der Waals surface area contributed by atoms with Gasteiger partial charge < -0.3 is 14.6 Å². The van der Waals surface area contributed by atoms with Gasteiger partial charge in [-0.25, -0.2) is 0 Å². The molecule has 0 radical (unpaired) electrons. The molecule has 7 heteroatoms. The first-order valence-electron chi connectivity index (χ1n) is 5.49. The van der Waals surface area contributed by atoms with Crippen LogP contribution in [0.25, 0.3) is 10.9 Å². The van der Waals surface area contributed by atoms with Crippen LogP contribution < -0.4 is 14.9 Å². The molecule has 0 aliphatic heterocycles. The zero-order valence-electron chi connectivity index (χ0n) is 10.8. The van der Waals surface area contributed by atoms with Crippen LogP contribution in [-0.4, -0.2) is 35.0 Å². The van der Waals surface area contributed by atoms with E-state index in [4.69, 9.17) is 14.6 Å². The van der Waals surface area contributed by atoms with Crippen molar-refractivity contribution >= 4 is 22.7 Å². The standard InChI is InChI=1S/C12H14N2O4S/c1-14-8-5-10(18-3)9(17-2)4-7(8)11(16)12(13-14)19-6-15/h4-5,15H,6H2,1-3H3. The van der Waals surface area contributed by atoms with Crippen LogP contribution in [-0.2, 0) is 7.05 Å². The van der Waals surface area contributed by atoms with E-state index < -0.39 is 0 Å². The van der Waals surface area contributed by atoms with Gasteiger partial charge in [-0.05, 0) is 6.07 Å². The highest BCUT2D eigenvalue weighted by molar-refractivity contribution is 7.99. The fraction of sp³-hybridized carbons (Fsp3) is 0.333. The van der Waals surface area contributed by atoms with Gasteiger partial charge in [0.05, 0.1) is 31.1 Å². The Morgan fingerprint density at radius 3 is 2.53 bits per heavy atom. The molecule has 0 amide bonds. The zero-order chi connectivity index (χ0) is 14.0. The van der Waals surface area contributed by atoms with Crippen molar-refractivity contribution in [3.63, 3.8) is 0 Å². The van der Waals surface area contributed by atoms with Gasteiger partial charge in [-0.3, -0.25) is 9.48 Å². The summed E-state index contributed by atoms with van der Waals surface area (Å²) in [4.78, 5) is 12.2. The summed E-state index contributed by atoms with van der Waals surface area (Å²) >= 11 is 0.993. The molecule has 0 unspecified atom stereocenters. The van der Waals surface area contributed by atoms with Crippen LogP contribution in [0.4, 0.5) is 0 Å². The van der Waals surface area contributed by atoms with Crippen LogP contribution in [0.5, 0.6) is 11.5 Å². The fourth-order valence-corrected chi connectivity index (χ4v) is 2.37. The molecular weight excluding hydrogens is 268 g/mol. The van der Waals surface area contributed by atoms with E-state index in [0.29, 0.717) is 22.4 Å². The number of aliphatic hydroxyl groups is 1. The second-order valence-corrected chi connectivity index (χ2v) is 4.69. The third kappa shape index (κ3) is 2.39. The Labute approximate surface area is 113 Å². The summed E-state index contributed by atoms with van der Waals surface area (Å²) in [6, 6.07) is 3.33. The second kappa shape index (κ2) is 5.50. The summed E-state index contributed by atoms with van der Waals surface area (Å²) < 4.78 is 12.0. The monoisotopic (exact) mass is 282 g/mol. The fourth-order valence-electron chi connectivity index (χ4n) is 1.82. The maximum absolute atomic E-state index is 12.2. The van der Waals surface area contributed by atoms with Gasteiger partial charge in [-0.15, -0.1) is 0 Å². The predicted octanol–water partition coefficient (Wildman–Crippen LogP) is 0.993. The molecule has 0 saturated carbocycles. The van der Waals surface area contributed by atoms with Crippen LogP contribution in [0.2, 0.25) is 0 Å². The van der Waals surface area contributed by atoms with Crippen LogP contribution in [0, 0.1) is 0 Å². The predicted molar refractivity (Wildman–Crippen MR) is 73.0 cm³/mol. The summed E-state index contributed by atoms with van der Waals surface area (Å²) in [6.45, 7) is 0. The average molecular weight is 282 g/mol. The molecule has 0 aliphatic rings. The summed E-state index contributed by atoms with van der Waals surface area (Å²) in [5.41, 5.74) is 0.415. The van der Waals surface area contributed by atoms with Crippen molar-refractivity contribution in [3.05, 3.63) is 22.4 Å². The Balaban J connectivity index is 2.80. The highest BCUT2D eigenvalue weighted by Gasteiger charge is 2.14. The molecule has 0 bridgehead atoms. The van der Waals surface area contributed by atoms with Crippen molar-refractivity contribution in [2.45, 2.75) is 5.03 Å². The third-order valence-corrected chi connectivity index (χ3v) is 3.40. The van der Waals surface area contributed by atoms with Gasteiger partial charge in [-0.1, -0.05) is 11.8 Å². The SMILES string of the molecule is COc1cc2c(=O)c(SCO)nn(C)c2cc1OC. The largest absolute Gasteiger partial charge is 0.493 e. The zero-order valence-corrected chi connectivity index (χ0v) is 11.7. The molecule has 6 nitrogen and oxygen atoms in total. The van der Waals surface area contributed by atoms with E-state index in [1.54, 1.807) is 23.9 Å². The number of aromatic nitrogens is 2. The molecule has 1 N–H and O–H groups in total. The molecule has 1 aromatic heterocycles. The van der Waals surface area contributed by atoms with E-state index in [1.807, 2.05) is 0 Å². The first-order chi connectivity index (χ1) is 9.12. The highest BCUT2D eigenvalue weighted by Crippen LogP contribution is 2.30. The Morgan fingerprint density at radius 2 is 1.95 bits per heavy atom. The van der Waals surface area contributed by atoms with Gasteiger partial charge in [-0.2, -0.15) is 5.10 Å². The van der Waals surface area contributed by atoms with Gasteiger partial charge in [0, 0.05) is 13.1 Å². The second-order valence-electron chi connectivity index (χ2n) is 3.76. The molecule has 102 valence electrons. The highest BCUT2D eigenvalue weighted by atomic mass is 32.2. The van der Waals surface area contributed by atoms with Gasteiger partial charge in [0.25, 0.3) is 0 Å². The Kier molecular flexibility index (Phi) is 3.96. The van der Waals surface area contributed by atoms with Crippen molar-refractivity contribution in [2.75, 3.05) is 20.2 Å². The molecule has 0 fully saturated rings. The van der Waals surface area contributed by atoms with Gasteiger partial charge in [0.15, 0.2) is 16.5 Å². The van der Waals surface area contributed by atoms with Gasteiger partial charge in [0.1, 0.15) is 0 Å². The normalized spacial score (nSPS) is 10.7. The number of nitrogens with zero attached hydrogens (tertiary/aromatic N) is 2. The van der Waals surface area contributed by atoms with E-state index >= 15 is 0 Å². The molecule has 0 atom stereocenters.